The van der Waals surface area contributed by atoms with Crippen molar-refractivity contribution >= 4 is 0 Å². The van der Waals surface area contributed by atoms with E-state index in [1.807, 2.05) is 0 Å². The second kappa shape index (κ2) is 6.90. The smallest absolute Gasteiger partial charge is 0.126 e. The highest BCUT2D eigenvalue weighted by atomic mass is 19.1. The van der Waals surface area contributed by atoms with Gasteiger partial charge in [-0.15, -0.1) is 0 Å². The van der Waals surface area contributed by atoms with E-state index in [0.29, 0.717) is 11.6 Å². The molecule has 0 aromatic heterocycles. The molecule has 1 aromatic rings. The molecule has 0 amide bonds. The standard InChI is InChI=1S/C16H24FNO/c1-3-18-15-7-5-4-6-8-16(15)19-13-9-10-14(17)12(2)11-13/h9-11,15-16,18H,3-8H2,1-2H3. The molecule has 0 heterocycles. The van der Waals surface area contributed by atoms with Gasteiger partial charge in [-0.05, 0) is 56.5 Å². The Morgan fingerprint density at radius 3 is 2.79 bits per heavy atom. The largest absolute Gasteiger partial charge is 0.489 e. The van der Waals surface area contributed by atoms with Gasteiger partial charge in [0.25, 0.3) is 0 Å². The Morgan fingerprint density at radius 2 is 2.05 bits per heavy atom. The van der Waals surface area contributed by atoms with Crippen molar-refractivity contribution in [3.05, 3.63) is 29.6 Å². The van der Waals surface area contributed by atoms with E-state index >= 15 is 0 Å². The van der Waals surface area contributed by atoms with E-state index < -0.39 is 0 Å². The van der Waals surface area contributed by atoms with Gasteiger partial charge in [-0.1, -0.05) is 19.8 Å². The third kappa shape index (κ3) is 3.93. The molecule has 1 aromatic carbocycles. The van der Waals surface area contributed by atoms with Gasteiger partial charge < -0.3 is 10.1 Å². The second-order valence-corrected chi connectivity index (χ2v) is 5.37. The van der Waals surface area contributed by atoms with Gasteiger partial charge in [-0.25, -0.2) is 4.39 Å². The number of hydrogen-bond acceptors (Lipinski definition) is 2. The van der Waals surface area contributed by atoms with Gasteiger partial charge in [-0.2, -0.15) is 0 Å². The van der Waals surface area contributed by atoms with Crippen LogP contribution in [0.3, 0.4) is 0 Å². The first-order valence-corrected chi connectivity index (χ1v) is 7.37. The number of rotatable bonds is 4. The molecule has 2 atom stereocenters. The number of halogens is 1. The Morgan fingerprint density at radius 1 is 1.26 bits per heavy atom. The van der Waals surface area contributed by atoms with Crippen LogP contribution in [0.1, 0.15) is 44.6 Å². The Balaban J connectivity index is 2.06. The molecule has 1 N–H and O–H groups in total. The predicted octanol–water partition coefficient (Wildman–Crippen LogP) is 3.82. The van der Waals surface area contributed by atoms with Gasteiger partial charge in [-0.3, -0.25) is 0 Å². The fourth-order valence-corrected chi connectivity index (χ4v) is 2.78. The van der Waals surface area contributed by atoms with E-state index in [4.69, 9.17) is 4.74 Å². The lowest BCUT2D eigenvalue weighted by molar-refractivity contribution is 0.145. The molecule has 0 spiro atoms. The highest BCUT2D eigenvalue weighted by Gasteiger charge is 2.24. The average molecular weight is 265 g/mol. The number of nitrogens with one attached hydrogen (secondary N) is 1. The summed E-state index contributed by atoms with van der Waals surface area (Å²) in [5.74, 6) is 0.616. The van der Waals surface area contributed by atoms with Crippen LogP contribution in [0.25, 0.3) is 0 Å². The molecule has 1 aliphatic rings. The fraction of sp³-hybridized carbons (Fsp3) is 0.625. The summed E-state index contributed by atoms with van der Waals surface area (Å²) >= 11 is 0. The molecule has 3 heteroatoms. The number of likely N-dealkylation sites (N-methyl/N-ethyl adjacent to an activating group) is 1. The molecule has 0 radical (unpaired) electrons. The fourth-order valence-electron chi connectivity index (χ4n) is 2.78. The maximum absolute atomic E-state index is 13.3. The van der Waals surface area contributed by atoms with Crippen molar-refractivity contribution in [2.45, 2.75) is 58.1 Å². The van der Waals surface area contributed by atoms with E-state index in [2.05, 4.69) is 12.2 Å². The molecule has 1 saturated carbocycles. The van der Waals surface area contributed by atoms with E-state index in [1.165, 1.54) is 31.7 Å². The molecule has 1 aliphatic carbocycles. The number of aryl methyl sites for hydroxylation is 1. The predicted molar refractivity (Wildman–Crippen MR) is 76.1 cm³/mol. The molecule has 2 nitrogen and oxygen atoms in total. The minimum atomic E-state index is -0.170. The molecular weight excluding hydrogens is 241 g/mol. The molecule has 0 saturated heterocycles. The van der Waals surface area contributed by atoms with Crippen LogP contribution in [0, 0.1) is 12.7 Å². The van der Waals surface area contributed by atoms with Crippen LogP contribution in [0.5, 0.6) is 5.75 Å². The van der Waals surface area contributed by atoms with Gasteiger partial charge in [0.15, 0.2) is 0 Å². The number of hydrogen-bond donors (Lipinski definition) is 1. The highest BCUT2D eigenvalue weighted by Crippen LogP contribution is 2.24. The third-order valence-electron chi connectivity index (χ3n) is 3.84. The van der Waals surface area contributed by atoms with Crippen LogP contribution in [-0.4, -0.2) is 18.7 Å². The van der Waals surface area contributed by atoms with E-state index in [0.717, 1.165) is 18.7 Å². The van der Waals surface area contributed by atoms with E-state index in [9.17, 15) is 4.39 Å². The quantitative estimate of drug-likeness (QED) is 0.836. The molecule has 2 rings (SSSR count). The van der Waals surface area contributed by atoms with Crippen LogP contribution >= 0.6 is 0 Å². The number of ether oxygens (including phenoxy) is 1. The van der Waals surface area contributed by atoms with Gasteiger partial charge in [0.1, 0.15) is 17.7 Å². The molecule has 0 aliphatic heterocycles. The zero-order chi connectivity index (χ0) is 13.7. The molecule has 1 fully saturated rings. The summed E-state index contributed by atoms with van der Waals surface area (Å²) in [5, 5.41) is 3.52. The second-order valence-electron chi connectivity index (χ2n) is 5.37. The highest BCUT2D eigenvalue weighted by molar-refractivity contribution is 5.29. The van der Waals surface area contributed by atoms with Crippen molar-refractivity contribution in [3.63, 3.8) is 0 Å². The van der Waals surface area contributed by atoms with Crippen molar-refractivity contribution in [2.75, 3.05) is 6.54 Å². The Labute approximate surface area is 115 Å². The zero-order valence-corrected chi connectivity index (χ0v) is 11.9. The van der Waals surface area contributed by atoms with Gasteiger partial charge in [0, 0.05) is 6.04 Å². The zero-order valence-electron chi connectivity index (χ0n) is 11.9. The summed E-state index contributed by atoms with van der Waals surface area (Å²) in [5.41, 5.74) is 0.645. The molecule has 2 unspecified atom stereocenters. The lowest BCUT2D eigenvalue weighted by Crippen LogP contribution is -2.42. The minimum Gasteiger partial charge on any atom is -0.489 e. The molecule has 106 valence electrons. The Bertz CT molecular complexity index is 408. The minimum absolute atomic E-state index is 0.170. The van der Waals surface area contributed by atoms with Crippen LogP contribution in [0.15, 0.2) is 18.2 Å². The summed E-state index contributed by atoms with van der Waals surface area (Å²) in [6, 6.07) is 5.43. The first kappa shape index (κ1) is 14.3. The molecule has 19 heavy (non-hydrogen) atoms. The van der Waals surface area contributed by atoms with Gasteiger partial charge >= 0.3 is 0 Å². The van der Waals surface area contributed by atoms with Crippen LogP contribution in [-0.2, 0) is 0 Å². The number of benzene rings is 1. The summed E-state index contributed by atoms with van der Waals surface area (Å²) in [6.07, 6.45) is 6.20. The van der Waals surface area contributed by atoms with Crippen molar-refractivity contribution in [2.24, 2.45) is 0 Å². The van der Waals surface area contributed by atoms with Gasteiger partial charge in [0.2, 0.25) is 0 Å². The topological polar surface area (TPSA) is 21.3 Å². The first-order valence-electron chi connectivity index (χ1n) is 7.37. The maximum atomic E-state index is 13.3. The normalized spacial score (nSPS) is 23.9. The average Bonchev–Trinajstić information content (AvgIpc) is 2.61. The monoisotopic (exact) mass is 265 g/mol. The summed E-state index contributed by atoms with van der Waals surface area (Å²) in [6.45, 7) is 4.87. The summed E-state index contributed by atoms with van der Waals surface area (Å²) < 4.78 is 19.4. The Hall–Kier alpha value is -1.09. The van der Waals surface area contributed by atoms with E-state index in [1.54, 1.807) is 19.1 Å². The molecule has 0 bridgehead atoms. The SMILES string of the molecule is CCNC1CCCCCC1Oc1ccc(F)c(C)c1. The van der Waals surface area contributed by atoms with E-state index in [-0.39, 0.29) is 11.9 Å². The maximum Gasteiger partial charge on any atom is 0.126 e. The van der Waals surface area contributed by atoms with Gasteiger partial charge in [0.05, 0.1) is 0 Å². The van der Waals surface area contributed by atoms with Crippen LogP contribution < -0.4 is 10.1 Å². The summed E-state index contributed by atoms with van der Waals surface area (Å²) in [7, 11) is 0. The first-order chi connectivity index (χ1) is 9.20. The van der Waals surface area contributed by atoms with Crippen molar-refractivity contribution in [1.29, 1.82) is 0 Å². The molecular formula is C16H24FNO. The lowest BCUT2D eigenvalue weighted by atomic mass is 10.1. The van der Waals surface area contributed by atoms with Crippen LogP contribution in [0.4, 0.5) is 4.39 Å². The Kier molecular flexibility index (Phi) is 5.20. The summed E-state index contributed by atoms with van der Waals surface area (Å²) in [4.78, 5) is 0. The van der Waals surface area contributed by atoms with Crippen molar-refractivity contribution in [1.82, 2.24) is 5.32 Å². The van der Waals surface area contributed by atoms with Crippen molar-refractivity contribution in [3.8, 4) is 5.75 Å². The lowest BCUT2D eigenvalue weighted by Gasteiger charge is -2.27. The third-order valence-corrected chi connectivity index (χ3v) is 3.84. The van der Waals surface area contributed by atoms with Crippen molar-refractivity contribution < 1.29 is 9.13 Å². The van der Waals surface area contributed by atoms with Crippen LogP contribution in [0.2, 0.25) is 0 Å².